The largest absolute Gasteiger partial charge is 0.0840 e. The molecule has 3 aromatic carbocycles. The molecule has 5 rings (SSSR count). The first-order valence-corrected chi connectivity index (χ1v) is 9.30. The predicted octanol–water partition coefficient (Wildman–Crippen LogP) is 6.95. The van der Waals surface area contributed by atoms with Gasteiger partial charge in [-0.2, -0.15) is 0 Å². The summed E-state index contributed by atoms with van der Waals surface area (Å²) < 4.78 is 0. The highest BCUT2D eigenvalue weighted by atomic mass is 35.5. The van der Waals surface area contributed by atoms with E-state index in [1.165, 1.54) is 44.5 Å². The van der Waals surface area contributed by atoms with Crippen molar-refractivity contribution in [2.24, 2.45) is 0 Å². The van der Waals surface area contributed by atoms with E-state index in [1.54, 1.807) is 0 Å². The van der Waals surface area contributed by atoms with E-state index < -0.39 is 0 Å². The fourth-order valence-corrected chi connectivity index (χ4v) is 5.59. The van der Waals surface area contributed by atoms with Crippen molar-refractivity contribution in [2.75, 3.05) is 0 Å². The maximum absolute atomic E-state index is 6.65. The Hall–Kier alpha value is -2.05. The van der Waals surface area contributed by atoms with Crippen molar-refractivity contribution in [3.63, 3.8) is 0 Å². The molecule has 0 aromatic heterocycles. The Balaban J connectivity index is 1.95. The van der Waals surface area contributed by atoms with Gasteiger partial charge < -0.3 is 0 Å². The minimum Gasteiger partial charge on any atom is -0.0840 e. The van der Waals surface area contributed by atoms with Crippen LogP contribution in [0.2, 0.25) is 5.02 Å². The van der Waals surface area contributed by atoms with Crippen molar-refractivity contribution in [1.29, 1.82) is 0 Å². The number of hydrogen-bond acceptors (Lipinski definition) is 0. The highest BCUT2D eigenvalue weighted by molar-refractivity contribution is 6.32. The van der Waals surface area contributed by atoms with Crippen LogP contribution in [-0.4, -0.2) is 0 Å². The Morgan fingerprint density at radius 2 is 1.28 bits per heavy atom. The maximum Gasteiger partial charge on any atom is 0.0453 e. The molecule has 0 nitrogen and oxygen atoms in total. The molecule has 3 aromatic rings. The Morgan fingerprint density at radius 3 is 2.08 bits per heavy atom. The zero-order valence-corrected chi connectivity index (χ0v) is 15.8. The standard InChI is InChI=1S/C24H21Cl/c1-23(2)17-10-6-5-8-16(17)20-18(23)13-12-15-14-9-7-11-19(25)21(14)24(3,4)22(15)20/h5-13H,1-4H3. The lowest BCUT2D eigenvalue weighted by molar-refractivity contribution is 0.647. The molecule has 1 heteroatoms. The van der Waals surface area contributed by atoms with Crippen molar-refractivity contribution in [1.82, 2.24) is 0 Å². The molecule has 0 atom stereocenters. The molecule has 0 amide bonds. The van der Waals surface area contributed by atoms with E-state index in [0.717, 1.165) is 5.02 Å². The SMILES string of the molecule is CC1(C)c2ccccc2-c2c1ccc1c2C(C)(C)c2c(Cl)cccc2-1. The van der Waals surface area contributed by atoms with Crippen molar-refractivity contribution >= 4 is 11.6 Å². The Bertz CT molecular complexity index is 1050. The predicted molar refractivity (Wildman–Crippen MR) is 107 cm³/mol. The van der Waals surface area contributed by atoms with Crippen LogP contribution < -0.4 is 0 Å². The van der Waals surface area contributed by atoms with E-state index in [2.05, 4.69) is 76.2 Å². The second-order valence-electron chi connectivity index (χ2n) is 8.37. The zero-order chi connectivity index (χ0) is 17.6. The summed E-state index contributed by atoms with van der Waals surface area (Å²) in [5.41, 5.74) is 10.9. The van der Waals surface area contributed by atoms with E-state index in [-0.39, 0.29) is 10.8 Å². The molecule has 2 aliphatic carbocycles. The second kappa shape index (κ2) is 4.56. The summed E-state index contributed by atoms with van der Waals surface area (Å²) in [6, 6.07) is 19.8. The second-order valence-corrected chi connectivity index (χ2v) is 8.78. The van der Waals surface area contributed by atoms with Crippen LogP contribution in [0.1, 0.15) is 49.9 Å². The van der Waals surface area contributed by atoms with Gasteiger partial charge in [-0.05, 0) is 50.6 Å². The normalized spacial score (nSPS) is 17.6. The molecule has 0 N–H and O–H groups in total. The van der Waals surface area contributed by atoms with E-state index >= 15 is 0 Å². The van der Waals surface area contributed by atoms with Crippen LogP contribution in [0.4, 0.5) is 0 Å². The first-order valence-electron chi connectivity index (χ1n) is 8.92. The van der Waals surface area contributed by atoms with E-state index in [9.17, 15) is 0 Å². The third-order valence-corrected chi connectivity index (χ3v) is 6.62. The van der Waals surface area contributed by atoms with Crippen LogP contribution in [0.25, 0.3) is 22.3 Å². The minimum atomic E-state index is -0.0954. The Morgan fingerprint density at radius 1 is 0.600 bits per heavy atom. The average Bonchev–Trinajstić information content (AvgIpc) is 2.96. The lowest BCUT2D eigenvalue weighted by Crippen LogP contribution is -2.18. The van der Waals surface area contributed by atoms with Crippen LogP contribution in [-0.2, 0) is 10.8 Å². The quantitative estimate of drug-likeness (QED) is 0.413. The summed E-state index contributed by atoms with van der Waals surface area (Å²) >= 11 is 6.65. The maximum atomic E-state index is 6.65. The smallest absolute Gasteiger partial charge is 0.0453 e. The van der Waals surface area contributed by atoms with Gasteiger partial charge in [0.2, 0.25) is 0 Å². The molecule has 124 valence electrons. The van der Waals surface area contributed by atoms with Gasteiger partial charge >= 0.3 is 0 Å². The van der Waals surface area contributed by atoms with E-state index in [0.29, 0.717) is 0 Å². The summed E-state index contributed by atoms with van der Waals surface area (Å²) in [7, 11) is 0. The molecule has 0 saturated carbocycles. The van der Waals surface area contributed by atoms with Gasteiger partial charge in [-0.15, -0.1) is 0 Å². The van der Waals surface area contributed by atoms with Crippen LogP contribution in [0, 0.1) is 0 Å². The summed E-state index contributed by atoms with van der Waals surface area (Å²) in [5, 5.41) is 0.873. The van der Waals surface area contributed by atoms with Gasteiger partial charge in [0.15, 0.2) is 0 Å². The fraction of sp³-hybridized carbons (Fsp3) is 0.250. The Labute approximate surface area is 154 Å². The third kappa shape index (κ3) is 1.69. The molecule has 0 bridgehead atoms. The molecule has 2 aliphatic rings. The lowest BCUT2D eigenvalue weighted by Gasteiger charge is -2.26. The van der Waals surface area contributed by atoms with Gasteiger partial charge in [0, 0.05) is 15.9 Å². The molecule has 0 aliphatic heterocycles. The molecule has 0 fully saturated rings. The van der Waals surface area contributed by atoms with Crippen LogP contribution in [0.15, 0.2) is 54.6 Å². The van der Waals surface area contributed by atoms with Crippen LogP contribution >= 0.6 is 11.6 Å². The molecule has 0 unspecified atom stereocenters. The number of benzene rings is 3. The molecular weight excluding hydrogens is 324 g/mol. The monoisotopic (exact) mass is 344 g/mol. The molecule has 25 heavy (non-hydrogen) atoms. The van der Waals surface area contributed by atoms with Crippen LogP contribution in [0.5, 0.6) is 0 Å². The van der Waals surface area contributed by atoms with Gasteiger partial charge in [0.05, 0.1) is 0 Å². The van der Waals surface area contributed by atoms with E-state index in [4.69, 9.17) is 11.6 Å². The molecule has 0 spiro atoms. The van der Waals surface area contributed by atoms with Crippen molar-refractivity contribution < 1.29 is 0 Å². The lowest BCUT2D eigenvalue weighted by atomic mass is 9.77. The number of hydrogen-bond donors (Lipinski definition) is 0. The summed E-state index contributed by atoms with van der Waals surface area (Å²) in [5.74, 6) is 0. The first kappa shape index (κ1) is 15.2. The molecule has 0 saturated heterocycles. The van der Waals surface area contributed by atoms with E-state index in [1.807, 2.05) is 6.07 Å². The summed E-state index contributed by atoms with van der Waals surface area (Å²) in [4.78, 5) is 0. The highest BCUT2D eigenvalue weighted by Gasteiger charge is 2.44. The third-order valence-electron chi connectivity index (χ3n) is 6.30. The topological polar surface area (TPSA) is 0 Å². The molecule has 0 heterocycles. The van der Waals surface area contributed by atoms with Gasteiger partial charge in [-0.1, -0.05) is 87.8 Å². The van der Waals surface area contributed by atoms with Crippen molar-refractivity contribution in [3.8, 4) is 22.3 Å². The zero-order valence-electron chi connectivity index (χ0n) is 15.1. The summed E-state index contributed by atoms with van der Waals surface area (Å²) in [6.45, 7) is 9.31. The Kier molecular flexibility index (Phi) is 2.78. The van der Waals surface area contributed by atoms with Gasteiger partial charge in [0.25, 0.3) is 0 Å². The first-order chi connectivity index (χ1) is 11.8. The minimum absolute atomic E-state index is 0.0373. The highest BCUT2D eigenvalue weighted by Crippen LogP contribution is 2.59. The fourth-order valence-electron chi connectivity index (χ4n) is 5.18. The van der Waals surface area contributed by atoms with Crippen molar-refractivity contribution in [2.45, 2.75) is 38.5 Å². The number of rotatable bonds is 0. The van der Waals surface area contributed by atoms with Gasteiger partial charge in [0.1, 0.15) is 0 Å². The molecule has 0 radical (unpaired) electrons. The number of halogens is 1. The van der Waals surface area contributed by atoms with Crippen molar-refractivity contribution in [3.05, 3.63) is 81.9 Å². The average molecular weight is 345 g/mol. The summed E-state index contributed by atoms with van der Waals surface area (Å²) in [6.07, 6.45) is 0. The van der Waals surface area contributed by atoms with Gasteiger partial charge in [-0.3, -0.25) is 0 Å². The number of fused-ring (bicyclic) bond motifs is 7. The van der Waals surface area contributed by atoms with Crippen LogP contribution in [0.3, 0.4) is 0 Å². The van der Waals surface area contributed by atoms with Gasteiger partial charge in [-0.25, -0.2) is 0 Å². The molecular formula is C24H21Cl.